The molecule has 0 bridgehead atoms. The number of nitrogens with one attached hydrogen (secondary N) is 1. The molecule has 156 valence electrons. The van der Waals surface area contributed by atoms with Crippen molar-refractivity contribution in [2.75, 3.05) is 13.7 Å². The van der Waals surface area contributed by atoms with Crippen LogP contribution in [-0.4, -0.2) is 46.3 Å². The van der Waals surface area contributed by atoms with Crippen LogP contribution in [0.1, 0.15) is 35.7 Å². The third kappa shape index (κ3) is 3.68. The Labute approximate surface area is 180 Å². The number of amides is 1. The van der Waals surface area contributed by atoms with Gasteiger partial charge in [0.15, 0.2) is 0 Å². The Kier molecular flexibility index (Phi) is 5.54. The van der Waals surface area contributed by atoms with Crippen LogP contribution in [0.2, 0.25) is 0 Å². The van der Waals surface area contributed by atoms with Gasteiger partial charge in [-0.15, -0.1) is 0 Å². The number of hydrogen-bond acceptors (Lipinski definition) is 5. The maximum atomic E-state index is 13.1. The first-order valence-corrected chi connectivity index (χ1v) is 10.1. The van der Waals surface area contributed by atoms with Gasteiger partial charge in [0, 0.05) is 25.0 Å². The van der Waals surface area contributed by atoms with Gasteiger partial charge in [-0.25, -0.2) is 4.98 Å². The van der Waals surface area contributed by atoms with Crippen molar-refractivity contribution in [3.63, 3.8) is 0 Å². The SMILES string of the molecule is COc1ccnc2[nH]cc(C(=O)C(=O)N3CC/C(=C(\C#N)c4ccccc4)CC3C)c12. The second-order valence-corrected chi connectivity index (χ2v) is 7.53. The largest absolute Gasteiger partial charge is 0.496 e. The number of methoxy groups -OCH3 is 1. The minimum Gasteiger partial charge on any atom is -0.496 e. The van der Waals surface area contributed by atoms with Crippen LogP contribution < -0.4 is 4.74 Å². The number of ether oxygens (including phenoxy) is 1. The van der Waals surface area contributed by atoms with Crippen molar-refractivity contribution in [3.05, 3.63) is 65.5 Å². The molecule has 0 spiro atoms. The van der Waals surface area contributed by atoms with E-state index in [1.165, 1.54) is 13.3 Å². The highest BCUT2D eigenvalue weighted by Gasteiger charge is 2.33. The molecule has 1 atom stereocenters. The molecule has 1 aliphatic rings. The number of nitriles is 1. The quantitative estimate of drug-likeness (QED) is 0.398. The Morgan fingerprint density at radius 3 is 2.71 bits per heavy atom. The molecule has 7 heteroatoms. The lowest BCUT2D eigenvalue weighted by atomic mass is 9.90. The summed E-state index contributed by atoms with van der Waals surface area (Å²) < 4.78 is 5.34. The van der Waals surface area contributed by atoms with Gasteiger partial charge in [-0.1, -0.05) is 30.3 Å². The van der Waals surface area contributed by atoms with Gasteiger partial charge in [0.05, 0.1) is 29.7 Å². The second-order valence-electron chi connectivity index (χ2n) is 7.53. The van der Waals surface area contributed by atoms with Crippen LogP contribution in [0.15, 0.2) is 54.4 Å². The van der Waals surface area contributed by atoms with Crippen LogP contribution in [0.25, 0.3) is 16.6 Å². The predicted octanol–water partition coefficient (Wildman–Crippen LogP) is 3.74. The summed E-state index contributed by atoms with van der Waals surface area (Å²) in [4.78, 5) is 34.9. The van der Waals surface area contributed by atoms with Crippen LogP contribution in [0.3, 0.4) is 0 Å². The van der Waals surface area contributed by atoms with E-state index >= 15 is 0 Å². The Bertz CT molecular complexity index is 1220. The van der Waals surface area contributed by atoms with E-state index in [0.29, 0.717) is 41.7 Å². The fourth-order valence-electron chi connectivity index (χ4n) is 4.15. The first-order chi connectivity index (χ1) is 15.0. The number of fused-ring (bicyclic) bond motifs is 1. The third-order valence-corrected chi connectivity index (χ3v) is 5.71. The number of pyridine rings is 1. The number of benzene rings is 1. The van der Waals surface area contributed by atoms with Gasteiger partial charge in [0.1, 0.15) is 11.4 Å². The summed E-state index contributed by atoms with van der Waals surface area (Å²) in [5.41, 5.74) is 3.28. The standard InChI is InChI=1S/C24H22N4O3/c1-15-12-17(18(13-25)16-6-4-3-5-7-16)9-11-28(15)24(30)22(29)19-14-27-23-21(19)20(31-2)8-10-26-23/h3-8,10,14-15H,9,11-12H2,1-2H3,(H,26,27)/b18-17-. The van der Waals surface area contributed by atoms with Crippen molar-refractivity contribution in [3.8, 4) is 11.8 Å². The first kappa shape index (κ1) is 20.4. The Morgan fingerprint density at radius 2 is 2.03 bits per heavy atom. The van der Waals surface area contributed by atoms with Crippen molar-refractivity contribution >= 4 is 28.3 Å². The number of H-pyrrole nitrogens is 1. The maximum Gasteiger partial charge on any atom is 0.295 e. The molecule has 7 nitrogen and oxygen atoms in total. The van der Waals surface area contributed by atoms with E-state index in [0.717, 1.165) is 11.1 Å². The molecule has 2 aromatic heterocycles. The van der Waals surface area contributed by atoms with E-state index in [4.69, 9.17) is 4.74 Å². The molecule has 1 aromatic carbocycles. The van der Waals surface area contributed by atoms with Gasteiger partial charge in [-0.2, -0.15) is 5.26 Å². The molecular weight excluding hydrogens is 392 g/mol. The summed E-state index contributed by atoms with van der Waals surface area (Å²) in [6.45, 7) is 2.29. The number of rotatable bonds is 4. The number of aromatic amines is 1. The van der Waals surface area contributed by atoms with Crippen molar-refractivity contribution in [2.45, 2.75) is 25.8 Å². The molecule has 0 aliphatic carbocycles. The number of carbonyl (C=O) groups is 2. The molecule has 3 heterocycles. The molecule has 31 heavy (non-hydrogen) atoms. The van der Waals surface area contributed by atoms with E-state index in [1.54, 1.807) is 17.2 Å². The molecule has 1 saturated heterocycles. The fraction of sp³-hybridized carbons (Fsp3) is 0.250. The van der Waals surface area contributed by atoms with E-state index in [2.05, 4.69) is 16.0 Å². The topological polar surface area (TPSA) is 99.1 Å². The average Bonchev–Trinajstić information content (AvgIpc) is 3.24. The lowest BCUT2D eigenvalue weighted by Gasteiger charge is -2.34. The molecule has 4 rings (SSSR count). The van der Waals surface area contributed by atoms with E-state index in [-0.39, 0.29) is 11.6 Å². The minimum absolute atomic E-state index is 0.197. The number of hydrogen-bond donors (Lipinski definition) is 1. The summed E-state index contributed by atoms with van der Waals surface area (Å²) in [5.74, 6) is -0.669. The summed E-state index contributed by atoms with van der Waals surface area (Å²) in [6.07, 6.45) is 4.19. The molecule has 1 N–H and O–H groups in total. The summed E-state index contributed by atoms with van der Waals surface area (Å²) in [6, 6.07) is 13.3. The van der Waals surface area contributed by atoms with Gasteiger partial charge in [0.2, 0.25) is 0 Å². The molecule has 0 saturated carbocycles. The number of allylic oxidation sites excluding steroid dienone is 1. The van der Waals surface area contributed by atoms with Crippen molar-refractivity contribution in [1.29, 1.82) is 5.26 Å². The number of aromatic nitrogens is 2. The number of likely N-dealkylation sites (tertiary alicyclic amines) is 1. The molecule has 1 fully saturated rings. The molecular formula is C24H22N4O3. The molecule has 1 aliphatic heterocycles. The average molecular weight is 414 g/mol. The fourth-order valence-corrected chi connectivity index (χ4v) is 4.15. The molecule has 1 unspecified atom stereocenters. The minimum atomic E-state index is -0.597. The lowest BCUT2D eigenvalue weighted by Crippen LogP contribution is -2.46. The number of carbonyl (C=O) groups excluding carboxylic acids is 2. The predicted molar refractivity (Wildman–Crippen MR) is 116 cm³/mol. The number of Topliss-reactive ketones (excluding diaryl/α,β-unsaturated/α-hetero) is 1. The highest BCUT2D eigenvalue weighted by Crippen LogP contribution is 2.31. The van der Waals surface area contributed by atoms with Gasteiger partial charge in [-0.05, 0) is 37.0 Å². The van der Waals surface area contributed by atoms with Gasteiger partial charge < -0.3 is 14.6 Å². The Hall–Kier alpha value is -3.92. The lowest BCUT2D eigenvalue weighted by molar-refractivity contribution is -0.128. The van der Waals surface area contributed by atoms with Crippen LogP contribution in [0.5, 0.6) is 5.75 Å². The molecule has 0 radical (unpaired) electrons. The van der Waals surface area contributed by atoms with Crippen molar-refractivity contribution < 1.29 is 14.3 Å². The zero-order chi connectivity index (χ0) is 22.0. The Morgan fingerprint density at radius 1 is 1.26 bits per heavy atom. The monoisotopic (exact) mass is 414 g/mol. The van der Waals surface area contributed by atoms with Crippen LogP contribution >= 0.6 is 0 Å². The van der Waals surface area contributed by atoms with Crippen LogP contribution in [0.4, 0.5) is 0 Å². The smallest absolute Gasteiger partial charge is 0.295 e. The normalized spacial score (nSPS) is 17.8. The van der Waals surface area contributed by atoms with Gasteiger partial charge in [0.25, 0.3) is 11.7 Å². The van der Waals surface area contributed by atoms with Gasteiger partial charge in [-0.3, -0.25) is 9.59 Å². The molecule has 3 aromatic rings. The summed E-state index contributed by atoms with van der Waals surface area (Å²) in [5, 5.41) is 10.2. The maximum absolute atomic E-state index is 13.1. The van der Waals surface area contributed by atoms with Crippen LogP contribution in [0, 0.1) is 11.3 Å². The van der Waals surface area contributed by atoms with E-state index in [9.17, 15) is 14.9 Å². The second kappa shape index (κ2) is 8.44. The van der Waals surface area contributed by atoms with Gasteiger partial charge >= 0.3 is 0 Å². The highest BCUT2D eigenvalue weighted by atomic mass is 16.5. The summed E-state index contributed by atoms with van der Waals surface area (Å²) in [7, 11) is 1.51. The van der Waals surface area contributed by atoms with Crippen molar-refractivity contribution in [2.24, 2.45) is 0 Å². The number of ketones is 1. The first-order valence-electron chi connectivity index (χ1n) is 10.1. The highest BCUT2D eigenvalue weighted by molar-refractivity contribution is 6.45. The zero-order valence-corrected chi connectivity index (χ0v) is 17.4. The zero-order valence-electron chi connectivity index (χ0n) is 17.4. The Balaban J connectivity index is 1.58. The summed E-state index contributed by atoms with van der Waals surface area (Å²) >= 11 is 0. The van der Waals surface area contributed by atoms with Crippen molar-refractivity contribution in [1.82, 2.24) is 14.9 Å². The number of nitrogens with zero attached hydrogens (tertiary/aromatic N) is 3. The van der Waals surface area contributed by atoms with E-state index in [1.807, 2.05) is 37.3 Å². The number of piperidine rings is 1. The van der Waals surface area contributed by atoms with E-state index < -0.39 is 11.7 Å². The van der Waals surface area contributed by atoms with Crippen LogP contribution in [-0.2, 0) is 4.79 Å². The molecule has 1 amide bonds. The third-order valence-electron chi connectivity index (χ3n) is 5.71.